The number of hydrogen-bond acceptors (Lipinski definition) is 3. The van der Waals surface area contributed by atoms with Crippen LogP contribution in [0.3, 0.4) is 0 Å². The van der Waals surface area contributed by atoms with E-state index in [-0.39, 0.29) is 0 Å². The lowest BCUT2D eigenvalue weighted by Crippen LogP contribution is -2.39. The smallest absolute Gasteiger partial charge is 0.191 e. The van der Waals surface area contributed by atoms with Crippen LogP contribution in [0.4, 0.5) is 5.82 Å². The fraction of sp³-hybridized carbons (Fsp3) is 0.647. The predicted octanol–water partition coefficient (Wildman–Crippen LogP) is 2.15. The minimum atomic E-state index is 0.593. The molecule has 120 valence electrons. The first-order valence-corrected chi connectivity index (χ1v) is 8.51. The van der Waals surface area contributed by atoms with Crippen molar-refractivity contribution in [3.8, 4) is 0 Å². The zero-order valence-corrected chi connectivity index (χ0v) is 13.7. The highest BCUT2D eigenvalue weighted by Crippen LogP contribution is 2.28. The van der Waals surface area contributed by atoms with Gasteiger partial charge in [0, 0.05) is 31.9 Å². The third kappa shape index (κ3) is 3.90. The number of pyridine rings is 1. The van der Waals surface area contributed by atoms with Crippen LogP contribution in [-0.2, 0) is 6.54 Å². The fourth-order valence-electron chi connectivity index (χ4n) is 2.87. The van der Waals surface area contributed by atoms with Crippen molar-refractivity contribution in [3.05, 3.63) is 23.9 Å². The Balaban J connectivity index is 1.62. The average Bonchev–Trinajstić information content (AvgIpc) is 3.02. The van der Waals surface area contributed by atoms with Crippen LogP contribution in [0.5, 0.6) is 0 Å². The molecule has 22 heavy (non-hydrogen) atoms. The van der Waals surface area contributed by atoms with Crippen molar-refractivity contribution in [2.45, 2.75) is 45.7 Å². The van der Waals surface area contributed by atoms with Crippen LogP contribution in [0.25, 0.3) is 0 Å². The first kappa shape index (κ1) is 15.1. The lowest BCUT2D eigenvalue weighted by Gasteiger charge is -2.16. The molecule has 5 heteroatoms. The van der Waals surface area contributed by atoms with Gasteiger partial charge >= 0.3 is 0 Å². The molecule has 0 aromatic carbocycles. The first-order valence-electron chi connectivity index (χ1n) is 8.51. The molecule has 2 atom stereocenters. The lowest BCUT2D eigenvalue weighted by atomic mass is 10.2. The summed E-state index contributed by atoms with van der Waals surface area (Å²) in [5.74, 6) is 2.79. The molecule has 3 rings (SSSR count). The Bertz CT molecular complexity index is 522. The molecule has 0 amide bonds. The van der Waals surface area contributed by atoms with Gasteiger partial charge in [0.1, 0.15) is 5.82 Å². The predicted molar refractivity (Wildman–Crippen MR) is 91.2 cm³/mol. The van der Waals surface area contributed by atoms with Crippen molar-refractivity contribution >= 4 is 11.8 Å². The zero-order chi connectivity index (χ0) is 15.4. The van der Waals surface area contributed by atoms with E-state index in [9.17, 15) is 0 Å². The van der Waals surface area contributed by atoms with E-state index in [1.807, 2.05) is 6.20 Å². The number of guanidine groups is 1. The Morgan fingerprint density at radius 2 is 2.18 bits per heavy atom. The van der Waals surface area contributed by atoms with E-state index < -0.39 is 0 Å². The van der Waals surface area contributed by atoms with Crippen molar-refractivity contribution in [1.82, 2.24) is 15.6 Å². The number of nitrogens with zero attached hydrogens (tertiary/aromatic N) is 3. The van der Waals surface area contributed by atoms with Crippen molar-refractivity contribution in [1.29, 1.82) is 0 Å². The van der Waals surface area contributed by atoms with Gasteiger partial charge in [0.05, 0.1) is 6.54 Å². The maximum absolute atomic E-state index is 4.71. The highest BCUT2D eigenvalue weighted by atomic mass is 15.2. The van der Waals surface area contributed by atoms with Crippen molar-refractivity contribution in [3.63, 3.8) is 0 Å². The summed E-state index contributed by atoms with van der Waals surface area (Å²) in [6.45, 7) is 8.22. The maximum atomic E-state index is 4.71. The number of hydrogen-bond donors (Lipinski definition) is 2. The van der Waals surface area contributed by atoms with E-state index >= 15 is 0 Å². The fourth-order valence-corrected chi connectivity index (χ4v) is 2.87. The molecular formula is C17H27N5. The highest BCUT2D eigenvalue weighted by Gasteiger charge is 2.33. The van der Waals surface area contributed by atoms with Gasteiger partial charge in [-0.3, -0.25) is 0 Å². The van der Waals surface area contributed by atoms with Gasteiger partial charge in [0.25, 0.3) is 0 Å². The molecule has 2 fully saturated rings. The number of anilines is 1. The molecule has 2 aliphatic rings. The number of rotatable bonds is 5. The van der Waals surface area contributed by atoms with Crippen molar-refractivity contribution < 1.29 is 0 Å². The third-order valence-corrected chi connectivity index (χ3v) is 4.44. The Kier molecular flexibility index (Phi) is 4.80. The third-order valence-electron chi connectivity index (χ3n) is 4.44. The summed E-state index contributed by atoms with van der Waals surface area (Å²) in [4.78, 5) is 11.6. The molecule has 0 radical (unpaired) electrons. The second-order valence-electron chi connectivity index (χ2n) is 6.38. The van der Waals surface area contributed by atoms with E-state index in [1.165, 1.54) is 24.8 Å². The van der Waals surface area contributed by atoms with E-state index in [2.05, 4.69) is 46.5 Å². The van der Waals surface area contributed by atoms with Crippen LogP contribution >= 0.6 is 0 Å². The van der Waals surface area contributed by atoms with E-state index in [1.54, 1.807) is 0 Å². The number of aliphatic imine (C=N–C) groups is 1. The van der Waals surface area contributed by atoms with E-state index in [0.29, 0.717) is 12.6 Å². The second kappa shape index (κ2) is 6.99. The number of aromatic nitrogens is 1. The maximum Gasteiger partial charge on any atom is 0.191 e. The molecule has 1 aromatic heterocycles. The van der Waals surface area contributed by atoms with Crippen LogP contribution in [0.1, 0.15) is 38.7 Å². The van der Waals surface area contributed by atoms with Gasteiger partial charge in [0.2, 0.25) is 0 Å². The van der Waals surface area contributed by atoms with Crippen LogP contribution in [0, 0.1) is 5.92 Å². The summed E-state index contributed by atoms with van der Waals surface area (Å²) in [6, 6.07) is 4.83. The van der Waals surface area contributed by atoms with Crippen molar-refractivity contribution in [2.75, 3.05) is 24.5 Å². The topological polar surface area (TPSA) is 52.6 Å². The quantitative estimate of drug-likeness (QED) is 0.646. The van der Waals surface area contributed by atoms with Gasteiger partial charge < -0.3 is 15.5 Å². The molecule has 1 aliphatic heterocycles. The summed E-state index contributed by atoms with van der Waals surface area (Å²) in [7, 11) is 0. The van der Waals surface area contributed by atoms with Crippen LogP contribution < -0.4 is 15.5 Å². The Morgan fingerprint density at radius 1 is 1.41 bits per heavy atom. The molecule has 0 bridgehead atoms. The Labute approximate surface area is 133 Å². The van der Waals surface area contributed by atoms with Gasteiger partial charge in [-0.25, -0.2) is 9.98 Å². The van der Waals surface area contributed by atoms with Crippen LogP contribution in [-0.4, -0.2) is 36.6 Å². The summed E-state index contributed by atoms with van der Waals surface area (Å²) >= 11 is 0. The molecule has 1 aromatic rings. The summed E-state index contributed by atoms with van der Waals surface area (Å²) in [5, 5.41) is 6.82. The minimum Gasteiger partial charge on any atom is -0.357 e. The normalized spacial score (nSPS) is 24.5. The molecule has 1 saturated heterocycles. The van der Waals surface area contributed by atoms with E-state index in [0.717, 1.165) is 37.3 Å². The SMILES string of the molecule is CCNC(=NCc1ccnc(N2CCCC2)c1)NC1CC1C. The van der Waals surface area contributed by atoms with E-state index in [4.69, 9.17) is 4.99 Å². The molecule has 5 nitrogen and oxygen atoms in total. The molecule has 2 heterocycles. The van der Waals surface area contributed by atoms with Gasteiger partial charge in [-0.2, -0.15) is 0 Å². The van der Waals surface area contributed by atoms with Gasteiger partial charge in [-0.1, -0.05) is 6.92 Å². The molecule has 2 unspecified atom stereocenters. The average molecular weight is 301 g/mol. The lowest BCUT2D eigenvalue weighted by molar-refractivity contribution is 0.766. The van der Waals surface area contributed by atoms with Crippen LogP contribution in [0.15, 0.2) is 23.3 Å². The summed E-state index contributed by atoms with van der Waals surface area (Å²) < 4.78 is 0. The molecular weight excluding hydrogens is 274 g/mol. The highest BCUT2D eigenvalue weighted by molar-refractivity contribution is 5.80. The zero-order valence-electron chi connectivity index (χ0n) is 13.7. The Morgan fingerprint density at radius 3 is 2.86 bits per heavy atom. The van der Waals surface area contributed by atoms with Gasteiger partial charge in [-0.15, -0.1) is 0 Å². The summed E-state index contributed by atoms with van der Waals surface area (Å²) in [5.41, 5.74) is 1.22. The molecule has 0 spiro atoms. The summed E-state index contributed by atoms with van der Waals surface area (Å²) in [6.07, 6.45) is 5.71. The Hall–Kier alpha value is -1.78. The first-order chi connectivity index (χ1) is 10.8. The van der Waals surface area contributed by atoms with Gasteiger partial charge in [0.15, 0.2) is 5.96 Å². The minimum absolute atomic E-state index is 0.593. The molecule has 2 N–H and O–H groups in total. The van der Waals surface area contributed by atoms with Crippen LogP contribution in [0.2, 0.25) is 0 Å². The molecule has 1 saturated carbocycles. The standard InChI is InChI=1S/C17H27N5/c1-3-18-17(21-15-10-13(15)2)20-12-14-6-7-19-16(11-14)22-8-4-5-9-22/h6-7,11,13,15H,3-5,8-10,12H2,1-2H3,(H2,18,20,21). The monoisotopic (exact) mass is 301 g/mol. The number of nitrogens with one attached hydrogen (secondary N) is 2. The largest absolute Gasteiger partial charge is 0.357 e. The van der Waals surface area contributed by atoms with Gasteiger partial charge in [-0.05, 0) is 49.8 Å². The van der Waals surface area contributed by atoms with Crippen molar-refractivity contribution in [2.24, 2.45) is 10.9 Å². The second-order valence-corrected chi connectivity index (χ2v) is 6.38. The molecule has 1 aliphatic carbocycles.